The van der Waals surface area contributed by atoms with E-state index in [2.05, 4.69) is 22.5 Å². The highest BCUT2D eigenvalue weighted by Gasteiger charge is 2.21. The number of anilines is 2. The number of hydrogen-bond acceptors (Lipinski definition) is 4. The molecule has 1 atom stereocenters. The maximum absolute atomic E-state index is 11.3. The van der Waals surface area contributed by atoms with Crippen molar-refractivity contribution >= 4 is 17.1 Å². The zero-order chi connectivity index (χ0) is 16.9. The molecule has 2 aromatic carbocycles. The average Bonchev–Trinajstić information content (AvgIpc) is 2.60. The molecule has 2 aromatic rings. The third kappa shape index (κ3) is 3.83. The van der Waals surface area contributed by atoms with Crippen molar-refractivity contribution in [2.24, 2.45) is 0 Å². The highest BCUT2D eigenvalue weighted by atomic mass is 16.6. The number of hydrogen-bond donors (Lipinski definition) is 2. The van der Waals surface area contributed by atoms with Gasteiger partial charge in [0.1, 0.15) is 11.7 Å². The lowest BCUT2D eigenvalue weighted by Gasteiger charge is -2.31. The lowest BCUT2D eigenvalue weighted by Crippen LogP contribution is -2.94. The molecular weight excluding hydrogens is 304 g/mol. The third-order valence-electron chi connectivity index (χ3n) is 4.34. The number of nitro benzene ring substituents is 1. The van der Waals surface area contributed by atoms with Crippen molar-refractivity contribution in [2.45, 2.75) is 19.5 Å². The van der Waals surface area contributed by atoms with Crippen molar-refractivity contribution in [3.63, 3.8) is 0 Å². The lowest BCUT2D eigenvalue weighted by molar-refractivity contribution is -0.687. The Balaban J connectivity index is 1.81. The van der Waals surface area contributed by atoms with Gasteiger partial charge in [-0.2, -0.15) is 0 Å². The van der Waals surface area contributed by atoms with Crippen LogP contribution in [0.5, 0.6) is 0 Å². The molecule has 1 heterocycles. The van der Waals surface area contributed by atoms with Crippen LogP contribution in [-0.4, -0.2) is 30.6 Å². The molecule has 24 heavy (non-hydrogen) atoms. The predicted octanol–water partition coefficient (Wildman–Crippen LogP) is 1.98. The van der Waals surface area contributed by atoms with Crippen LogP contribution in [0.1, 0.15) is 12.5 Å². The maximum Gasteiger partial charge on any atom is 0.292 e. The molecule has 1 saturated heterocycles. The predicted molar refractivity (Wildman–Crippen MR) is 95.3 cm³/mol. The van der Waals surface area contributed by atoms with Crippen LogP contribution in [-0.2, 0) is 6.54 Å². The maximum atomic E-state index is 11.3. The molecule has 3 N–H and O–H groups in total. The monoisotopic (exact) mass is 327 g/mol. The van der Waals surface area contributed by atoms with E-state index in [1.165, 1.54) is 0 Å². The molecule has 0 saturated carbocycles. The summed E-state index contributed by atoms with van der Waals surface area (Å²) in [6.07, 6.45) is 0. The van der Waals surface area contributed by atoms with Gasteiger partial charge in [-0.25, -0.2) is 0 Å². The van der Waals surface area contributed by atoms with Gasteiger partial charge >= 0.3 is 0 Å². The molecule has 0 aliphatic carbocycles. The Morgan fingerprint density at radius 3 is 2.79 bits per heavy atom. The van der Waals surface area contributed by atoms with Crippen LogP contribution in [0.4, 0.5) is 17.1 Å². The number of nitro groups is 1. The average molecular weight is 327 g/mol. The summed E-state index contributed by atoms with van der Waals surface area (Å²) in [5, 5.41) is 16.9. The zero-order valence-corrected chi connectivity index (χ0v) is 13.8. The van der Waals surface area contributed by atoms with Crippen molar-refractivity contribution in [1.82, 2.24) is 0 Å². The van der Waals surface area contributed by atoms with Gasteiger partial charge in [-0.1, -0.05) is 30.3 Å². The van der Waals surface area contributed by atoms with Crippen LogP contribution in [0.2, 0.25) is 0 Å². The van der Waals surface area contributed by atoms with Crippen LogP contribution >= 0.6 is 0 Å². The van der Waals surface area contributed by atoms with Crippen LogP contribution in [0.25, 0.3) is 0 Å². The van der Waals surface area contributed by atoms with Gasteiger partial charge < -0.3 is 15.5 Å². The molecule has 3 rings (SSSR count). The Morgan fingerprint density at radius 1 is 1.29 bits per heavy atom. The lowest BCUT2D eigenvalue weighted by atomic mass is 10.1. The number of nitrogens with two attached hydrogens (primary N) is 1. The van der Waals surface area contributed by atoms with E-state index in [1.54, 1.807) is 6.07 Å². The van der Waals surface area contributed by atoms with E-state index in [0.717, 1.165) is 30.9 Å². The third-order valence-corrected chi connectivity index (χ3v) is 4.34. The molecule has 1 aliphatic rings. The molecule has 0 spiro atoms. The fourth-order valence-electron chi connectivity index (χ4n) is 3.08. The van der Waals surface area contributed by atoms with Gasteiger partial charge in [-0.05, 0) is 24.6 Å². The number of quaternary nitrogens is 1. The minimum atomic E-state index is -0.330. The minimum Gasteiger partial charge on any atom is -0.375 e. The molecule has 0 amide bonds. The van der Waals surface area contributed by atoms with Gasteiger partial charge in [0, 0.05) is 18.3 Å². The summed E-state index contributed by atoms with van der Waals surface area (Å²) in [7, 11) is 0. The zero-order valence-electron chi connectivity index (χ0n) is 13.8. The second-order valence-corrected chi connectivity index (χ2v) is 6.25. The Kier molecular flexibility index (Phi) is 4.96. The van der Waals surface area contributed by atoms with E-state index in [9.17, 15) is 10.1 Å². The normalized spacial score (nSPS) is 17.5. The summed E-state index contributed by atoms with van der Waals surface area (Å²) < 4.78 is 0. The van der Waals surface area contributed by atoms with E-state index in [0.29, 0.717) is 18.3 Å². The first kappa shape index (κ1) is 16.3. The standard InChI is InChI=1S/C18H22N4O2/c1-14-13-21(10-9-19-14)16-7-8-18(22(23)24)17(11-16)20-12-15-5-3-2-4-6-15/h2-8,11,14,19-20H,9-10,12-13H2,1H3/p+1/t14-/m0/s1. The fraction of sp³-hybridized carbons (Fsp3) is 0.333. The van der Waals surface area contributed by atoms with Gasteiger partial charge in [0.15, 0.2) is 0 Å². The second kappa shape index (κ2) is 7.31. The van der Waals surface area contributed by atoms with Gasteiger partial charge in [-0.15, -0.1) is 0 Å². The number of nitrogens with one attached hydrogen (secondary N) is 1. The van der Waals surface area contributed by atoms with Crippen LogP contribution in [0.3, 0.4) is 0 Å². The molecule has 6 heteroatoms. The summed E-state index contributed by atoms with van der Waals surface area (Å²) in [6, 6.07) is 15.8. The van der Waals surface area contributed by atoms with E-state index < -0.39 is 0 Å². The van der Waals surface area contributed by atoms with Crippen molar-refractivity contribution in [3.8, 4) is 0 Å². The quantitative estimate of drug-likeness (QED) is 0.650. The Morgan fingerprint density at radius 2 is 2.08 bits per heavy atom. The number of rotatable bonds is 5. The highest BCUT2D eigenvalue weighted by Crippen LogP contribution is 2.30. The molecule has 126 valence electrons. The van der Waals surface area contributed by atoms with Crippen molar-refractivity contribution in [3.05, 3.63) is 64.2 Å². The summed E-state index contributed by atoms with van der Waals surface area (Å²) in [6.45, 7) is 5.72. The minimum absolute atomic E-state index is 0.117. The van der Waals surface area contributed by atoms with Gasteiger partial charge in [-0.3, -0.25) is 10.1 Å². The molecule has 0 radical (unpaired) electrons. The van der Waals surface area contributed by atoms with E-state index in [4.69, 9.17) is 0 Å². The van der Waals surface area contributed by atoms with Gasteiger partial charge in [0.25, 0.3) is 5.69 Å². The molecule has 0 unspecified atom stereocenters. The van der Waals surface area contributed by atoms with Gasteiger partial charge in [0.2, 0.25) is 0 Å². The molecule has 0 aromatic heterocycles. The molecular formula is C18H23N4O2+. The first-order valence-electron chi connectivity index (χ1n) is 8.28. The molecule has 0 bridgehead atoms. The van der Waals surface area contributed by atoms with Crippen LogP contribution < -0.4 is 15.5 Å². The summed E-state index contributed by atoms with van der Waals surface area (Å²) in [5.41, 5.74) is 2.82. The smallest absolute Gasteiger partial charge is 0.292 e. The highest BCUT2D eigenvalue weighted by molar-refractivity contribution is 5.69. The van der Waals surface area contributed by atoms with Crippen LogP contribution in [0, 0.1) is 10.1 Å². The van der Waals surface area contributed by atoms with Crippen LogP contribution in [0.15, 0.2) is 48.5 Å². The Bertz CT molecular complexity index is 705. The Hall–Kier alpha value is -2.60. The number of benzene rings is 2. The Labute approximate surface area is 141 Å². The van der Waals surface area contributed by atoms with Crippen molar-refractivity contribution < 1.29 is 10.2 Å². The van der Waals surface area contributed by atoms with Crippen molar-refractivity contribution in [1.29, 1.82) is 0 Å². The molecule has 1 aliphatic heterocycles. The van der Waals surface area contributed by atoms with E-state index in [1.807, 2.05) is 42.5 Å². The summed E-state index contributed by atoms with van der Waals surface area (Å²) in [5.74, 6) is 0. The molecule has 1 fully saturated rings. The summed E-state index contributed by atoms with van der Waals surface area (Å²) in [4.78, 5) is 13.3. The van der Waals surface area contributed by atoms with Crippen molar-refractivity contribution in [2.75, 3.05) is 29.9 Å². The van der Waals surface area contributed by atoms with E-state index in [-0.39, 0.29) is 10.6 Å². The summed E-state index contributed by atoms with van der Waals surface area (Å²) >= 11 is 0. The SMILES string of the molecule is C[C@H]1CN(c2ccc([N+](=O)[O-])c(NCc3ccccc3)c2)CC[NH2+]1. The largest absolute Gasteiger partial charge is 0.375 e. The molecule has 6 nitrogen and oxygen atoms in total. The second-order valence-electron chi connectivity index (χ2n) is 6.25. The number of nitrogens with zero attached hydrogens (tertiary/aromatic N) is 2. The number of piperazine rings is 1. The van der Waals surface area contributed by atoms with Gasteiger partial charge in [0.05, 0.1) is 24.6 Å². The fourth-order valence-corrected chi connectivity index (χ4v) is 3.08. The first-order valence-corrected chi connectivity index (χ1v) is 8.28. The van der Waals surface area contributed by atoms with E-state index >= 15 is 0 Å². The topological polar surface area (TPSA) is 75.0 Å². The first-order chi connectivity index (χ1) is 11.6.